The smallest absolute Gasteiger partial charge is 0.387 e. The van der Waals surface area contributed by atoms with E-state index in [0.717, 1.165) is 5.56 Å². The molecule has 0 aromatic heterocycles. The molecule has 3 aromatic rings. The first-order valence-corrected chi connectivity index (χ1v) is 11.9. The third kappa shape index (κ3) is 5.40. The fraction of sp³-hybridized carbons (Fsp3) is 0.167. The van der Waals surface area contributed by atoms with Gasteiger partial charge in [-0.3, -0.25) is 9.10 Å². The number of hydrogen-bond donors (Lipinski definition) is 1. The average molecular weight is 502 g/mol. The molecule has 0 fully saturated rings. The molecule has 1 heterocycles. The Bertz CT molecular complexity index is 1360. The maximum atomic E-state index is 13.2. The summed E-state index contributed by atoms with van der Waals surface area (Å²) in [5, 5.41) is 2.33. The number of carbonyl (C=O) groups excluding carboxylic acids is 2. The van der Waals surface area contributed by atoms with E-state index in [9.17, 15) is 26.8 Å². The van der Waals surface area contributed by atoms with E-state index in [4.69, 9.17) is 4.74 Å². The van der Waals surface area contributed by atoms with Crippen molar-refractivity contribution in [3.05, 3.63) is 83.9 Å². The number of sulfonamides is 1. The van der Waals surface area contributed by atoms with Crippen LogP contribution >= 0.6 is 0 Å². The lowest BCUT2D eigenvalue weighted by Gasteiger charge is -2.19. The zero-order valence-corrected chi connectivity index (χ0v) is 19.0. The van der Waals surface area contributed by atoms with Crippen LogP contribution in [0.5, 0.6) is 5.75 Å². The molecule has 0 saturated heterocycles. The van der Waals surface area contributed by atoms with E-state index < -0.39 is 35.1 Å². The summed E-state index contributed by atoms with van der Waals surface area (Å²) in [6.07, 6.45) is 0.581. The fourth-order valence-electron chi connectivity index (χ4n) is 3.64. The molecule has 1 aliphatic rings. The van der Waals surface area contributed by atoms with Crippen LogP contribution in [-0.2, 0) is 26.0 Å². The van der Waals surface area contributed by atoms with Gasteiger partial charge in [-0.25, -0.2) is 13.2 Å². The Hall–Kier alpha value is -3.99. The summed E-state index contributed by atoms with van der Waals surface area (Å²) < 4.78 is 62.0. The molecule has 0 atom stereocenters. The van der Waals surface area contributed by atoms with Gasteiger partial charge in [0.15, 0.2) is 6.61 Å². The van der Waals surface area contributed by atoms with Crippen LogP contribution in [0.15, 0.2) is 77.7 Å². The number of nitrogens with zero attached hydrogens (tertiary/aromatic N) is 1. The number of halogens is 2. The number of carbonyl (C=O) groups is 2. The molecule has 0 saturated carbocycles. The lowest BCUT2D eigenvalue weighted by molar-refractivity contribution is -0.119. The summed E-state index contributed by atoms with van der Waals surface area (Å²) in [4.78, 5) is 24.6. The van der Waals surface area contributed by atoms with Gasteiger partial charge >= 0.3 is 12.6 Å². The minimum atomic E-state index is -3.92. The first-order chi connectivity index (χ1) is 16.8. The van der Waals surface area contributed by atoms with Gasteiger partial charge in [-0.05, 0) is 48.4 Å². The summed E-state index contributed by atoms with van der Waals surface area (Å²) in [6, 6.07) is 18.1. The van der Waals surface area contributed by atoms with Gasteiger partial charge in [-0.2, -0.15) is 8.78 Å². The van der Waals surface area contributed by atoms with Crippen LogP contribution in [0.1, 0.15) is 15.9 Å². The van der Waals surface area contributed by atoms with Gasteiger partial charge in [0.2, 0.25) is 0 Å². The Labute approximate surface area is 200 Å². The van der Waals surface area contributed by atoms with Crippen molar-refractivity contribution in [2.75, 3.05) is 22.8 Å². The van der Waals surface area contributed by atoms with Crippen LogP contribution in [0, 0.1) is 0 Å². The first kappa shape index (κ1) is 24.1. The lowest BCUT2D eigenvalue weighted by Crippen LogP contribution is -2.29. The highest BCUT2D eigenvalue weighted by Crippen LogP contribution is 2.33. The summed E-state index contributed by atoms with van der Waals surface area (Å²) in [7, 11) is -3.92. The second-order valence-electron chi connectivity index (χ2n) is 7.48. The summed E-state index contributed by atoms with van der Waals surface area (Å²) in [5.41, 5.74) is 1.42. The molecule has 35 heavy (non-hydrogen) atoms. The number of fused-ring (bicyclic) bond motifs is 1. The summed E-state index contributed by atoms with van der Waals surface area (Å²) >= 11 is 0. The molecule has 0 radical (unpaired) electrons. The Morgan fingerprint density at radius 1 is 1.00 bits per heavy atom. The minimum Gasteiger partial charge on any atom is -0.452 e. The van der Waals surface area contributed by atoms with E-state index in [1.807, 2.05) is 12.1 Å². The zero-order chi connectivity index (χ0) is 25.0. The molecule has 11 heteroatoms. The molecule has 0 bridgehead atoms. The molecule has 0 aliphatic carbocycles. The first-order valence-electron chi connectivity index (χ1n) is 10.5. The predicted molar refractivity (Wildman–Crippen MR) is 123 cm³/mol. The third-order valence-electron chi connectivity index (χ3n) is 5.21. The number of anilines is 2. The standard InChI is InChI=1S/C24H20F2N2O6S/c25-24(26)34-21-11-4-2-9-19(21)27-22(29)15-33-23(30)17-7-5-8-18(14-17)35(31,32)28-13-12-16-6-1-3-10-20(16)28/h1-11,14,24H,12-13,15H2,(H,27,29). The Balaban J connectivity index is 1.42. The number of rotatable bonds is 8. The molecule has 0 spiro atoms. The lowest BCUT2D eigenvalue weighted by atomic mass is 10.2. The van der Waals surface area contributed by atoms with Crippen molar-refractivity contribution in [1.29, 1.82) is 0 Å². The SMILES string of the molecule is O=C(COC(=O)c1cccc(S(=O)(=O)N2CCc3ccccc32)c1)Nc1ccccc1OC(F)F. The highest BCUT2D eigenvalue weighted by molar-refractivity contribution is 7.92. The largest absolute Gasteiger partial charge is 0.452 e. The van der Waals surface area contributed by atoms with Gasteiger partial charge in [0.1, 0.15) is 5.75 Å². The van der Waals surface area contributed by atoms with Crippen molar-refractivity contribution in [3.8, 4) is 5.75 Å². The van der Waals surface area contributed by atoms with Gasteiger partial charge in [0.25, 0.3) is 15.9 Å². The quantitative estimate of drug-likeness (QED) is 0.470. The van der Waals surface area contributed by atoms with Crippen LogP contribution in [-0.4, -0.2) is 40.1 Å². The van der Waals surface area contributed by atoms with Crippen LogP contribution < -0.4 is 14.4 Å². The minimum absolute atomic E-state index is 0.0205. The zero-order valence-electron chi connectivity index (χ0n) is 18.2. The van der Waals surface area contributed by atoms with Crippen molar-refractivity contribution in [2.24, 2.45) is 0 Å². The van der Waals surface area contributed by atoms with Gasteiger partial charge in [-0.1, -0.05) is 36.4 Å². The topological polar surface area (TPSA) is 102 Å². The van der Waals surface area contributed by atoms with Gasteiger partial charge < -0.3 is 14.8 Å². The Kier molecular flexibility index (Phi) is 6.97. The van der Waals surface area contributed by atoms with Gasteiger partial charge in [0.05, 0.1) is 21.8 Å². The summed E-state index contributed by atoms with van der Waals surface area (Å²) in [6.45, 7) is -3.52. The number of amides is 1. The van der Waals surface area contributed by atoms with E-state index in [-0.39, 0.29) is 28.4 Å². The molecule has 0 unspecified atom stereocenters. The van der Waals surface area contributed by atoms with Gasteiger partial charge in [-0.15, -0.1) is 0 Å². The Morgan fingerprint density at radius 3 is 2.54 bits per heavy atom. The monoisotopic (exact) mass is 502 g/mol. The Morgan fingerprint density at radius 2 is 1.74 bits per heavy atom. The van der Waals surface area contributed by atoms with Crippen molar-refractivity contribution < 1.29 is 36.3 Å². The highest BCUT2D eigenvalue weighted by atomic mass is 32.2. The highest BCUT2D eigenvalue weighted by Gasteiger charge is 2.31. The normalized spacial score (nSPS) is 12.8. The fourth-order valence-corrected chi connectivity index (χ4v) is 5.19. The number of ether oxygens (including phenoxy) is 2. The van der Waals surface area contributed by atoms with Gasteiger partial charge in [0, 0.05) is 6.54 Å². The molecule has 1 aliphatic heterocycles. The second-order valence-corrected chi connectivity index (χ2v) is 9.35. The van der Waals surface area contributed by atoms with Crippen LogP contribution in [0.3, 0.4) is 0 Å². The number of para-hydroxylation sites is 3. The van der Waals surface area contributed by atoms with Crippen LogP contribution in [0.25, 0.3) is 0 Å². The number of nitrogens with one attached hydrogen (secondary N) is 1. The van der Waals surface area contributed by atoms with E-state index in [2.05, 4.69) is 10.1 Å². The second kappa shape index (κ2) is 10.1. The molecule has 3 aromatic carbocycles. The number of hydrogen-bond acceptors (Lipinski definition) is 6. The van der Waals surface area contributed by atoms with E-state index in [1.54, 1.807) is 12.1 Å². The molecule has 8 nitrogen and oxygen atoms in total. The third-order valence-corrected chi connectivity index (χ3v) is 7.02. The number of benzene rings is 3. The van der Waals surface area contributed by atoms with Crippen molar-refractivity contribution >= 4 is 33.3 Å². The van der Waals surface area contributed by atoms with Crippen molar-refractivity contribution in [3.63, 3.8) is 0 Å². The van der Waals surface area contributed by atoms with Crippen molar-refractivity contribution in [2.45, 2.75) is 17.9 Å². The predicted octanol–water partition coefficient (Wildman–Crippen LogP) is 3.83. The van der Waals surface area contributed by atoms with E-state index in [0.29, 0.717) is 12.1 Å². The van der Waals surface area contributed by atoms with Crippen LogP contribution in [0.4, 0.5) is 20.2 Å². The molecule has 4 rings (SSSR count). The summed E-state index contributed by atoms with van der Waals surface area (Å²) in [5.74, 6) is -1.96. The van der Waals surface area contributed by atoms with E-state index >= 15 is 0 Å². The number of alkyl halides is 2. The molecular weight excluding hydrogens is 482 g/mol. The average Bonchev–Trinajstić information content (AvgIpc) is 3.29. The van der Waals surface area contributed by atoms with E-state index in [1.165, 1.54) is 52.8 Å². The maximum Gasteiger partial charge on any atom is 0.387 e. The molecular formula is C24H20F2N2O6S. The maximum absolute atomic E-state index is 13.2. The molecule has 182 valence electrons. The van der Waals surface area contributed by atoms with Crippen molar-refractivity contribution in [1.82, 2.24) is 0 Å². The van der Waals surface area contributed by atoms with Crippen LogP contribution in [0.2, 0.25) is 0 Å². The molecule has 1 N–H and O–H groups in total. The molecule has 1 amide bonds. The number of esters is 1.